The summed E-state index contributed by atoms with van der Waals surface area (Å²) in [6, 6.07) is 20.5. The van der Waals surface area contributed by atoms with E-state index in [0.29, 0.717) is 18.1 Å². The molecule has 6 nitrogen and oxygen atoms in total. The van der Waals surface area contributed by atoms with Crippen molar-refractivity contribution in [1.82, 2.24) is 5.43 Å². The Kier molecular flexibility index (Phi) is 7.45. The lowest BCUT2D eigenvalue weighted by Crippen LogP contribution is -2.24. The monoisotopic (exact) mass is 467 g/mol. The van der Waals surface area contributed by atoms with Crippen LogP contribution in [0.25, 0.3) is 0 Å². The average molecular weight is 468 g/mol. The Hall–Kier alpha value is -3.32. The first kappa shape index (κ1) is 21.4. The van der Waals surface area contributed by atoms with E-state index in [-0.39, 0.29) is 0 Å². The number of methoxy groups -OCH3 is 1. The summed E-state index contributed by atoms with van der Waals surface area (Å²) in [4.78, 5) is 12.0. The number of hydrazone groups is 1. The molecule has 0 saturated heterocycles. The number of nitrogens with zero attached hydrogens (tertiary/aromatic N) is 1. The summed E-state index contributed by atoms with van der Waals surface area (Å²) in [6.45, 7) is 2.35. The molecule has 2 N–H and O–H groups in total. The van der Waals surface area contributed by atoms with Crippen LogP contribution in [0.2, 0.25) is 0 Å². The number of hydrogen-bond acceptors (Lipinski definition) is 4. The number of benzene rings is 3. The maximum absolute atomic E-state index is 12.0. The van der Waals surface area contributed by atoms with Crippen molar-refractivity contribution in [3.8, 4) is 11.5 Å². The van der Waals surface area contributed by atoms with Crippen LogP contribution in [-0.2, 0) is 6.61 Å². The van der Waals surface area contributed by atoms with E-state index in [1.54, 1.807) is 19.4 Å². The first-order valence-corrected chi connectivity index (χ1v) is 10.1. The van der Waals surface area contributed by atoms with E-state index in [2.05, 4.69) is 31.8 Å². The average Bonchev–Trinajstić information content (AvgIpc) is 2.75. The Morgan fingerprint density at radius 1 is 1.07 bits per heavy atom. The molecule has 0 atom stereocenters. The van der Waals surface area contributed by atoms with Gasteiger partial charge in [0.05, 0.1) is 13.3 Å². The highest BCUT2D eigenvalue weighted by atomic mass is 79.9. The zero-order valence-electron chi connectivity index (χ0n) is 16.7. The number of ether oxygens (including phenoxy) is 2. The van der Waals surface area contributed by atoms with Crippen molar-refractivity contribution in [2.75, 3.05) is 12.4 Å². The number of hydrogen-bond donors (Lipinski definition) is 2. The predicted octanol–water partition coefficient (Wildman–Crippen LogP) is 5.50. The lowest BCUT2D eigenvalue weighted by atomic mass is 10.2. The summed E-state index contributed by atoms with van der Waals surface area (Å²) in [5.41, 5.74) is 5.97. The standard InChI is InChI=1S/C23H22BrN3O3/c1-16-5-3-4-6-20(16)26-23(28)27-25-14-18-9-12-21(22(13-18)29-2)30-15-17-7-10-19(24)11-8-17/h3-14H,15H2,1-2H3,(H2,26,27,28). The van der Waals surface area contributed by atoms with Gasteiger partial charge in [0.25, 0.3) is 0 Å². The first-order chi connectivity index (χ1) is 14.5. The summed E-state index contributed by atoms with van der Waals surface area (Å²) in [5, 5.41) is 6.74. The third-order valence-corrected chi connectivity index (χ3v) is 4.80. The Labute approximate surface area is 184 Å². The van der Waals surface area contributed by atoms with Gasteiger partial charge in [-0.05, 0) is 60.0 Å². The summed E-state index contributed by atoms with van der Waals surface area (Å²) in [6.07, 6.45) is 1.54. The molecule has 0 heterocycles. The molecular weight excluding hydrogens is 446 g/mol. The highest BCUT2D eigenvalue weighted by Gasteiger charge is 2.06. The second kappa shape index (κ2) is 10.5. The van der Waals surface area contributed by atoms with Crippen LogP contribution in [0.15, 0.2) is 76.3 Å². The fourth-order valence-electron chi connectivity index (χ4n) is 2.65. The van der Waals surface area contributed by atoms with E-state index in [4.69, 9.17) is 9.47 Å². The summed E-state index contributed by atoms with van der Waals surface area (Å²) >= 11 is 3.42. The van der Waals surface area contributed by atoms with Gasteiger partial charge >= 0.3 is 6.03 Å². The topological polar surface area (TPSA) is 72.0 Å². The molecule has 0 spiro atoms. The van der Waals surface area contributed by atoms with E-state index in [1.807, 2.05) is 67.6 Å². The molecule has 3 aromatic carbocycles. The van der Waals surface area contributed by atoms with E-state index in [9.17, 15) is 4.79 Å². The van der Waals surface area contributed by atoms with Crippen molar-refractivity contribution >= 4 is 33.9 Å². The van der Waals surface area contributed by atoms with Crippen LogP contribution < -0.4 is 20.2 Å². The van der Waals surface area contributed by atoms with Crippen molar-refractivity contribution in [1.29, 1.82) is 0 Å². The highest BCUT2D eigenvalue weighted by Crippen LogP contribution is 2.28. The molecule has 30 heavy (non-hydrogen) atoms. The van der Waals surface area contributed by atoms with E-state index in [1.165, 1.54) is 0 Å². The van der Waals surface area contributed by atoms with Gasteiger partial charge in [0.15, 0.2) is 11.5 Å². The number of nitrogens with one attached hydrogen (secondary N) is 2. The van der Waals surface area contributed by atoms with Gasteiger partial charge in [-0.1, -0.05) is 46.3 Å². The third kappa shape index (κ3) is 6.09. The Morgan fingerprint density at radius 3 is 2.57 bits per heavy atom. The van der Waals surface area contributed by atoms with Crippen LogP contribution >= 0.6 is 15.9 Å². The van der Waals surface area contributed by atoms with Gasteiger partial charge in [-0.15, -0.1) is 0 Å². The largest absolute Gasteiger partial charge is 0.493 e. The molecule has 0 saturated carbocycles. The number of carbonyl (C=O) groups is 1. The molecule has 154 valence electrons. The van der Waals surface area contributed by atoms with Crippen LogP contribution in [0.4, 0.5) is 10.5 Å². The maximum Gasteiger partial charge on any atom is 0.339 e. The first-order valence-electron chi connectivity index (χ1n) is 9.26. The minimum absolute atomic E-state index is 0.415. The number of anilines is 1. The number of para-hydroxylation sites is 1. The Bertz CT molecular complexity index is 1040. The number of halogens is 1. The van der Waals surface area contributed by atoms with Crippen LogP contribution in [0.3, 0.4) is 0 Å². The second-order valence-electron chi connectivity index (χ2n) is 6.46. The van der Waals surface area contributed by atoms with Gasteiger partial charge in [0, 0.05) is 10.2 Å². The van der Waals surface area contributed by atoms with Gasteiger partial charge in [0.2, 0.25) is 0 Å². The molecule has 3 rings (SSSR count). The minimum atomic E-state index is -0.415. The second-order valence-corrected chi connectivity index (χ2v) is 7.38. The van der Waals surface area contributed by atoms with Crippen LogP contribution in [0.5, 0.6) is 11.5 Å². The van der Waals surface area contributed by atoms with Crippen molar-refractivity contribution in [2.45, 2.75) is 13.5 Å². The summed E-state index contributed by atoms with van der Waals surface area (Å²) in [7, 11) is 1.58. The van der Waals surface area contributed by atoms with E-state index in [0.717, 1.165) is 26.9 Å². The molecule has 2 amide bonds. The van der Waals surface area contributed by atoms with Crippen LogP contribution in [0.1, 0.15) is 16.7 Å². The number of amides is 2. The highest BCUT2D eigenvalue weighted by molar-refractivity contribution is 9.10. The molecule has 0 aromatic heterocycles. The lowest BCUT2D eigenvalue weighted by Gasteiger charge is -2.11. The maximum atomic E-state index is 12.0. The SMILES string of the molecule is COc1cc(C=NNC(=O)Nc2ccccc2C)ccc1OCc1ccc(Br)cc1. The molecule has 0 unspecified atom stereocenters. The number of carbonyl (C=O) groups excluding carboxylic acids is 1. The Morgan fingerprint density at radius 2 is 1.83 bits per heavy atom. The molecular formula is C23H22BrN3O3. The van der Waals surface area contributed by atoms with Crippen LogP contribution in [0, 0.1) is 6.92 Å². The number of urea groups is 1. The molecule has 0 aliphatic rings. The molecule has 0 aliphatic carbocycles. The van der Waals surface area contributed by atoms with Gasteiger partial charge in [-0.2, -0.15) is 5.10 Å². The van der Waals surface area contributed by atoms with Crippen molar-refractivity contribution in [3.05, 3.63) is 87.9 Å². The zero-order valence-corrected chi connectivity index (χ0v) is 18.3. The van der Waals surface area contributed by atoms with Gasteiger partial charge in [-0.3, -0.25) is 0 Å². The minimum Gasteiger partial charge on any atom is -0.493 e. The third-order valence-electron chi connectivity index (χ3n) is 4.27. The quantitative estimate of drug-likeness (QED) is 0.355. The number of aryl methyl sites for hydroxylation is 1. The van der Waals surface area contributed by atoms with Gasteiger partial charge in [0.1, 0.15) is 6.61 Å². The fourth-order valence-corrected chi connectivity index (χ4v) is 2.92. The molecule has 0 radical (unpaired) electrons. The summed E-state index contributed by atoms with van der Waals surface area (Å²) < 4.78 is 12.3. The lowest BCUT2D eigenvalue weighted by molar-refractivity contribution is 0.252. The Balaban J connectivity index is 1.57. The molecule has 0 fully saturated rings. The van der Waals surface area contributed by atoms with Crippen molar-refractivity contribution in [3.63, 3.8) is 0 Å². The zero-order chi connectivity index (χ0) is 21.3. The predicted molar refractivity (Wildman–Crippen MR) is 122 cm³/mol. The van der Waals surface area contributed by atoms with Crippen molar-refractivity contribution in [2.24, 2.45) is 5.10 Å². The normalized spacial score (nSPS) is 10.6. The summed E-state index contributed by atoms with van der Waals surface area (Å²) in [5.74, 6) is 1.21. The van der Waals surface area contributed by atoms with E-state index >= 15 is 0 Å². The smallest absolute Gasteiger partial charge is 0.339 e. The van der Waals surface area contributed by atoms with Gasteiger partial charge < -0.3 is 14.8 Å². The molecule has 3 aromatic rings. The molecule has 0 aliphatic heterocycles. The van der Waals surface area contributed by atoms with Gasteiger partial charge in [-0.25, -0.2) is 10.2 Å². The molecule has 0 bridgehead atoms. The molecule has 7 heteroatoms. The fraction of sp³-hybridized carbons (Fsp3) is 0.130. The number of rotatable bonds is 7. The van der Waals surface area contributed by atoms with E-state index < -0.39 is 6.03 Å². The van der Waals surface area contributed by atoms with Crippen molar-refractivity contribution < 1.29 is 14.3 Å². The van der Waals surface area contributed by atoms with Crippen LogP contribution in [-0.4, -0.2) is 19.4 Å².